The Morgan fingerprint density at radius 3 is 1.90 bits per heavy atom. The van der Waals surface area contributed by atoms with Crippen molar-refractivity contribution in [3.63, 3.8) is 0 Å². The molecule has 0 amide bonds. The summed E-state index contributed by atoms with van der Waals surface area (Å²) in [4.78, 5) is 2.10. The van der Waals surface area contributed by atoms with E-state index >= 15 is 0 Å². The average molecular weight is 273 g/mol. The Morgan fingerprint density at radius 2 is 1.45 bits per heavy atom. The molecule has 106 valence electrons. The van der Waals surface area contributed by atoms with Crippen LogP contribution in [0.3, 0.4) is 0 Å². The fourth-order valence-electron chi connectivity index (χ4n) is 2.25. The number of hydrogen-bond donors (Lipinski definition) is 1. The molecule has 1 N–H and O–H groups in total. The van der Waals surface area contributed by atoms with E-state index < -0.39 is 6.10 Å². The molecule has 0 aliphatic carbocycles. The van der Waals surface area contributed by atoms with E-state index in [4.69, 9.17) is 0 Å². The van der Waals surface area contributed by atoms with Gasteiger partial charge in [-0.05, 0) is 55.3 Å². The van der Waals surface area contributed by atoms with Gasteiger partial charge >= 0.3 is 0 Å². The van der Waals surface area contributed by atoms with Gasteiger partial charge in [0, 0.05) is 17.9 Å². The third-order valence-electron chi connectivity index (χ3n) is 3.43. The maximum Gasteiger partial charge on any atom is 0.123 e. The van der Waals surface area contributed by atoms with Crippen LogP contribution in [0.4, 0.5) is 15.8 Å². The molecule has 2 aromatic rings. The van der Waals surface area contributed by atoms with Gasteiger partial charge < -0.3 is 10.0 Å². The molecule has 0 saturated carbocycles. The number of hydrogen-bond acceptors (Lipinski definition) is 2. The number of aliphatic hydroxyl groups excluding tert-OH is 1. The van der Waals surface area contributed by atoms with E-state index in [1.54, 1.807) is 12.1 Å². The lowest BCUT2D eigenvalue weighted by molar-refractivity contribution is 0.173. The molecule has 20 heavy (non-hydrogen) atoms. The largest absolute Gasteiger partial charge is 0.388 e. The number of aliphatic hydroxyl groups is 1. The number of rotatable bonds is 5. The smallest absolute Gasteiger partial charge is 0.123 e. The van der Waals surface area contributed by atoms with Crippen molar-refractivity contribution in [3.05, 3.63) is 59.9 Å². The molecule has 0 heterocycles. The maximum absolute atomic E-state index is 13.0. The van der Waals surface area contributed by atoms with E-state index in [1.807, 2.05) is 31.2 Å². The van der Waals surface area contributed by atoms with Crippen molar-refractivity contribution < 1.29 is 9.50 Å². The highest BCUT2D eigenvalue weighted by Gasteiger charge is 2.09. The third-order valence-corrected chi connectivity index (χ3v) is 3.43. The lowest BCUT2D eigenvalue weighted by Gasteiger charge is -2.24. The standard InChI is InChI=1S/C17H20FNO/c1-3-17(20)13-5-9-15(10-6-13)19(4-2)16-11-7-14(18)8-12-16/h5-12,17,20H,3-4H2,1-2H3/t17-/m0/s1. The topological polar surface area (TPSA) is 23.5 Å². The summed E-state index contributed by atoms with van der Waals surface area (Å²) >= 11 is 0. The van der Waals surface area contributed by atoms with Crippen molar-refractivity contribution >= 4 is 11.4 Å². The Labute approximate surface area is 119 Å². The van der Waals surface area contributed by atoms with Gasteiger partial charge in [-0.15, -0.1) is 0 Å². The second-order valence-electron chi connectivity index (χ2n) is 4.74. The molecule has 2 aromatic carbocycles. The molecule has 2 rings (SSSR count). The fraction of sp³-hybridized carbons (Fsp3) is 0.294. The molecule has 0 radical (unpaired) electrons. The molecule has 0 aromatic heterocycles. The first-order chi connectivity index (χ1) is 9.65. The Kier molecular flexibility index (Phi) is 4.74. The van der Waals surface area contributed by atoms with Crippen LogP contribution in [0.2, 0.25) is 0 Å². The molecule has 0 unspecified atom stereocenters. The zero-order valence-electron chi connectivity index (χ0n) is 11.9. The zero-order valence-corrected chi connectivity index (χ0v) is 11.9. The molecule has 0 aliphatic heterocycles. The van der Waals surface area contributed by atoms with Gasteiger partial charge in [0.25, 0.3) is 0 Å². The number of nitrogens with zero attached hydrogens (tertiary/aromatic N) is 1. The monoisotopic (exact) mass is 273 g/mol. The maximum atomic E-state index is 13.0. The van der Waals surface area contributed by atoms with Crippen LogP contribution in [-0.2, 0) is 0 Å². The Hall–Kier alpha value is -1.87. The van der Waals surface area contributed by atoms with Crippen LogP contribution in [-0.4, -0.2) is 11.7 Å². The van der Waals surface area contributed by atoms with E-state index in [2.05, 4.69) is 11.8 Å². The molecule has 0 spiro atoms. The van der Waals surface area contributed by atoms with E-state index in [-0.39, 0.29) is 5.82 Å². The van der Waals surface area contributed by atoms with Gasteiger partial charge in [-0.3, -0.25) is 0 Å². The molecule has 0 bridgehead atoms. The van der Waals surface area contributed by atoms with E-state index in [9.17, 15) is 9.50 Å². The predicted molar refractivity (Wildman–Crippen MR) is 80.8 cm³/mol. The van der Waals surface area contributed by atoms with Gasteiger partial charge in [-0.1, -0.05) is 19.1 Å². The van der Waals surface area contributed by atoms with Crippen molar-refractivity contribution in [2.75, 3.05) is 11.4 Å². The minimum Gasteiger partial charge on any atom is -0.388 e. The van der Waals surface area contributed by atoms with Gasteiger partial charge in [-0.25, -0.2) is 4.39 Å². The Morgan fingerprint density at radius 1 is 0.950 bits per heavy atom. The van der Waals surface area contributed by atoms with Gasteiger partial charge in [0.2, 0.25) is 0 Å². The van der Waals surface area contributed by atoms with Crippen LogP contribution in [0.15, 0.2) is 48.5 Å². The highest BCUT2D eigenvalue weighted by atomic mass is 19.1. The summed E-state index contributed by atoms with van der Waals surface area (Å²) in [7, 11) is 0. The first kappa shape index (κ1) is 14.5. The summed E-state index contributed by atoms with van der Waals surface area (Å²) in [6.07, 6.45) is 0.291. The number of halogens is 1. The van der Waals surface area contributed by atoms with E-state index in [1.165, 1.54) is 12.1 Å². The average Bonchev–Trinajstić information content (AvgIpc) is 2.50. The van der Waals surface area contributed by atoms with Crippen molar-refractivity contribution in [2.24, 2.45) is 0 Å². The zero-order chi connectivity index (χ0) is 14.5. The second-order valence-corrected chi connectivity index (χ2v) is 4.74. The molecule has 3 heteroatoms. The summed E-state index contributed by atoms with van der Waals surface area (Å²) < 4.78 is 13.0. The molecule has 0 fully saturated rings. The van der Waals surface area contributed by atoms with Crippen LogP contribution in [0.5, 0.6) is 0 Å². The highest BCUT2D eigenvalue weighted by molar-refractivity contribution is 5.63. The minimum atomic E-state index is -0.412. The Balaban J connectivity index is 2.25. The van der Waals surface area contributed by atoms with Crippen molar-refractivity contribution in [3.8, 4) is 0 Å². The van der Waals surface area contributed by atoms with Gasteiger partial charge in [-0.2, -0.15) is 0 Å². The second kappa shape index (κ2) is 6.53. The first-order valence-electron chi connectivity index (χ1n) is 6.96. The fourth-order valence-corrected chi connectivity index (χ4v) is 2.25. The summed E-state index contributed by atoms with van der Waals surface area (Å²) in [5.74, 6) is -0.230. The molecule has 1 atom stereocenters. The lowest BCUT2D eigenvalue weighted by Crippen LogP contribution is -2.15. The predicted octanol–water partition coefficient (Wildman–Crippen LogP) is 4.43. The molecule has 2 nitrogen and oxygen atoms in total. The summed E-state index contributed by atoms with van der Waals surface area (Å²) in [6.45, 7) is 4.80. The van der Waals surface area contributed by atoms with Crippen molar-refractivity contribution in [1.29, 1.82) is 0 Å². The summed E-state index contributed by atoms with van der Waals surface area (Å²) in [5, 5.41) is 9.81. The van der Waals surface area contributed by atoms with E-state index in [0.29, 0.717) is 6.42 Å². The highest BCUT2D eigenvalue weighted by Crippen LogP contribution is 2.27. The summed E-state index contributed by atoms with van der Waals surface area (Å²) in [5.41, 5.74) is 2.91. The summed E-state index contributed by atoms with van der Waals surface area (Å²) in [6, 6.07) is 14.3. The first-order valence-corrected chi connectivity index (χ1v) is 6.96. The van der Waals surface area contributed by atoms with Gasteiger partial charge in [0.15, 0.2) is 0 Å². The van der Waals surface area contributed by atoms with Crippen LogP contribution in [0.25, 0.3) is 0 Å². The van der Waals surface area contributed by atoms with Crippen LogP contribution in [0.1, 0.15) is 31.9 Å². The minimum absolute atomic E-state index is 0.230. The van der Waals surface area contributed by atoms with Crippen LogP contribution < -0.4 is 4.90 Å². The molecule has 0 saturated heterocycles. The normalized spacial score (nSPS) is 12.2. The van der Waals surface area contributed by atoms with Gasteiger partial charge in [0.1, 0.15) is 5.82 Å². The quantitative estimate of drug-likeness (QED) is 0.871. The van der Waals surface area contributed by atoms with Crippen molar-refractivity contribution in [1.82, 2.24) is 0 Å². The lowest BCUT2D eigenvalue weighted by atomic mass is 10.1. The van der Waals surface area contributed by atoms with Crippen molar-refractivity contribution in [2.45, 2.75) is 26.4 Å². The van der Waals surface area contributed by atoms with E-state index in [0.717, 1.165) is 23.5 Å². The van der Waals surface area contributed by atoms with Gasteiger partial charge in [0.05, 0.1) is 6.10 Å². The molecule has 0 aliphatic rings. The third kappa shape index (κ3) is 3.17. The number of anilines is 2. The van der Waals surface area contributed by atoms with Crippen LogP contribution in [0, 0.1) is 5.82 Å². The SMILES string of the molecule is CC[C@H](O)c1ccc(N(CC)c2ccc(F)cc2)cc1. The number of benzene rings is 2. The Bertz CT molecular complexity index is 536. The molecular formula is C17H20FNO. The molecular weight excluding hydrogens is 253 g/mol. The van der Waals surface area contributed by atoms with Crippen LogP contribution >= 0.6 is 0 Å².